The van der Waals surface area contributed by atoms with Crippen molar-refractivity contribution in [3.63, 3.8) is 0 Å². The number of rotatable bonds is 5. The first-order valence-corrected chi connectivity index (χ1v) is 11.5. The molecule has 0 bridgehead atoms. The molecule has 0 saturated heterocycles. The van der Waals surface area contributed by atoms with E-state index in [0.717, 1.165) is 55.3 Å². The Kier molecular flexibility index (Phi) is 5.12. The molecule has 0 radical (unpaired) electrons. The lowest BCUT2D eigenvalue weighted by Crippen LogP contribution is -2.35. The number of fused-ring (bicyclic) bond motifs is 2. The molecule has 2 amide bonds. The third-order valence-corrected chi connectivity index (χ3v) is 7.23. The average Bonchev–Trinajstić information content (AvgIpc) is 3.40. The molecule has 1 heterocycles. The van der Waals surface area contributed by atoms with Crippen molar-refractivity contribution in [3.05, 3.63) is 40.1 Å². The summed E-state index contributed by atoms with van der Waals surface area (Å²) in [4.78, 5) is 14.5. The summed E-state index contributed by atoms with van der Waals surface area (Å²) in [5, 5.41) is 9.27. The molecule has 4 rings (SSSR count). The van der Waals surface area contributed by atoms with Gasteiger partial charge in [-0.2, -0.15) is 13.5 Å². The fourth-order valence-corrected chi connectivity index (χ4v) is 5.08. The summed E-state index contributed by atoms with van der Waals surface area (Å²) in [6, 6.07) is 2.94. The number of aromatic nitrogens is 2. The van der Waals surface area contributed by atoms with Crippen LogP contribution in [0.2, 0.25) is 0 Å². The lowest BCUT2D eigenvalue weighted by molar-refractivity contribution is 0.256. The van der Waals surface area contributed by atoms with Crippen LogP contribution in [0.15, 0.2) is 17.2 Å². The van der Waals surface area contributed by atoms with Crippen molar-refractivity contribution in [1.82, 2.24) is 19.8 Å². The molecule has 156 valence electrons. The standard InChI is InChI=1S/C20H27N5O3S/c1-12(25(2)3)17-11-18(23-22-17)29(27,28)24-20(26)21-19-15-8-4-6-13(15)10-14-7-5-9-16(14)19/h10-12H,4-9H2,1-3H3,(H,22,23)(H2,21,24,26). The molecule has 0 saturated carbocycles. The van der Waals surface area contributed by atoms with E-state index in [-0.39, 0.29) is 11.1 Å². The van der Waals surface area contributed by atoms with Crippen LogP contribution in [-0.2, 0) is 35.7 Å². The van der Waals surface area contributed by atoms with E-state index in [1.54, 1.807) is 0 Å². The summed E-state index contributed by atoms with van der Waals surface area (Å²) < 4.78 is 27.4. The second-order valence-electron chi connectivity index (χ2n) is 8.09. The highest BCUT2D eigenvalue weighted by Gasteiger charge is 2.27. The zero-order valence-corrected chi connectivity index (χ0v) is 17.8. The van der Waals surface area contributed by atoms with Crippen molar-refractivity contribution in [2.75, 3.05) is 19.4 Å². The Morgan fingerprint density at radius 3 is 2.31 bits per heavy atom. The molecule has 2 aliphatic carbocycles. The molecular weight excluding hydrogens is 390 g/mol. The van der Waals surface area contributed by atoms with Crippen LogP contribution in [0, 0.1) is 0 Å². The molecule has 1 aromatic carbocycles. The number of carbonyl (C=O) groups is 1. The van der Waals surface area contributed by atoms with Crippen LogP contribution in [0.4, 0.5) is 10.5 Å². The number of hydrogen-bond donors (Lipinski definition) is 3. The number of H-pyrrole nitrogens is 1. The maximum absolute atomic E-state index is 12.6. The molecule has 1 aromatic heterocycles. The molecule has 2 aliphatic rings. The molecule has 1 atom stereocenters. The minimum Gasteiger partial charge on any atom is -0.307 e. The van der Waals surface area contributed by atoms with Gasteiger partial charge in [0.05, 0.1) is 5.69 Å². The maximum Gasteiger partial charge on any atom is 0.333 e. The normalized spacial score (nSPS) is 16.6. The number of aryl methyl sites for hydroxylation is 2. The quantitative estimate of drug-likeness (QED) is 0.693. The number of nitrogens with one attached hydrogen (secondary N) is 3. The van der Waals surface area contributed by atoms with Gasteiger partial charge in [-0.3, -0.25) is 5.10 Å². The third kappa shape index (κ3) is 3.76. The van der Waals surface area contributed by atoms with E-state index in [9.17, 15) is 13.2 Å². The minimum atomic E-state index is -4.07. The van der Waals surface area contributed by atoms with Crippen molar-refractivity contribution in [3.8, 4) is 0 Å². The van der Waals surface area contributed by atoms with Gasteiger partial charge in [0.25, 0.3) is 10.0 Å². The Labute approximate surface area is 171 Å². The van der Waals surface area contributed by atoms with E-state index in [1.165, 1.54) is 17.2 Å². The van der Waals surface area contributed by atoms with Crippen molar-refractivity contribution in [2.45, 2.75) is 56.5 Å². The number of hydrogen-bond acceptors (Lipinski definition) is 5. The fraction of sp³-hybridized carbons (Fsp3) is 0.500. The van der Waals surface area contributed by atoms with Crippen LogP contribution >= 0.6 is 0 Å². The van der Waals surface area contributed by atoms with Gasteiger partial charge in [0.2, 0.25) is 0 Å². The van der Waals surface area contributed by atoms with Gasteiger partial charge in [-0.1, -0.05) is 6.07 Å². The van der Waals surface area contributed by atoms with Crippen LogP contribution < -0.4 is 10.0 Å². The highest BCUT2D eigenvalue weighted by Crippen LogP contribution is 2.38. The van der Waals surface area contributed by atoms with E-state index in [2.05, 4.69) is 26.3 Å². The van der Waals surface area contributed by atoms with Gasteiger partial charge in [-0.05, 0) is 81.8 Å². The van der Waals surface area contributed by atoms with Crippen LogP contribution in [0.1, 0.15) is 53.8 Å². The Morgan fingerprint density at radius 2 is 1.72 bits per heavy atom. The molecule has 0 spiro atoms. The largest absolute Gasteiger partial charge is 0.333 e. The zero-order chi connectivity index (χ0) is 20.8. The van der Waals surface area contributed by atoms with Crippen LogP contribution in [-0.4, -0.2) is 43.6 Å². The minimum absolute atomic E-state index is 0.0326. The fourth-order valence-electron chi connectivity index (χ4n) is 4.23. The van der Waals surface area contributed by atoms with Crippen molar-refractivity contribution in [1.29, 1.82) is 0 Å². The first-order chi connectivity index (χ1) is 13.8. The number of anilines is 1. The Hall–Kier alpha value is -2.39. The topological polar surface area (TPSA) is 107 Å². The van der Waals surface area contributed by atoms with E-state index in [0.29, 0.717) is 5.69 Å². The number of amides is 2. The Morgan fingerprint density at radius 1 is 1.10 bits per heavy atom. The monoisotopic (exact) mass is 417 g/mol. The zero-order valence-electron chi connectivity index (χ0n) is 17.0. The Bertz CT molecular complexity index is 1030. The lowest BCUT2D eigenvalue weighted by atomic mass is 9.99. The molecule has 0 fully saturated rings. The molecular formula is C20H27N5O3S. The second kappa shape index (κ2) is 7.46. The molecule has 8 nitrogen and oxygen atoms in total. The first-order valence-electron chi connectivity index (χ1n) is 9.98. The van der Waals surface area contributed by atoms with Gasteiger partial charge in [-0.15, -0.1) is 0 Å². The second-order valence-corrected chi connectivity index (χ2v) is 9.72. The molecule has 3 N–H and O–H groups in total. The average molecular weight is 418 g/mol. The van der Waals surface area contributed by atoms with E-state index < -0.39 is 16.1 Å². The van der Waals surface area contributed by atoms with Gasteiger partial charge < -0.3 is 10.2 Å². The summed E-state index contributed by atoms with van der Waals surface area (Å²) >= 11 is 0. The number of aromatic amines is 1. The molecule has 0 aliphatic heterocycles. The molecule has 9 heteroatoms. The smallest absolute Gasteiger partial charge is 0.307 e. The summed E-state index contributed by atoms with van der Waals surface area (Å²) in [6.07, 6.45) is 5.97. The third-order valence-electron chi connectivity index (χ3n) is 6.01. The molecule has 1 unspecified atom stereocenters. The summed E-state index contributed by atoms with van der Waals surface area (Å²) in [5.74, 6) is 0. The highest BCUT2D eigenvalue weighted by atomic mass is 32.2. The number of carbonyl (C=O) groups excluding carboxylic acids is 1. The van der Waals surface area contributed by atoms with Crippen molar-refractivity contribution in [2.24, 2.45) is 0 Å². The SMILES string of the molecule is CC(c1cc(S(=O)(=O)NC(=O)Nc2c3c(cc4c2CCC4)CCC3)n[nH]1)N(C)C. The lowest BCUT2D eigenvalue weighted by Gasteiger charge is -2.17. The van der Waals surface area contributed by atoms with E-state index >= 15 is 0 Å². The number of nitrogens with zero attached hydrogens (tertiary/aromatic N) is 2. The van der Waals surface area contributed by atoms with Gasteiger partial charge in [0.1, 0.15) is 0 Å². The van der Waals surface area contributed by atoms with Gasteiger partial charge in [0, 0.05) is 17.8 Å². The summed E-state index contributed by atoms with van der Waals surface area (Å²) in [7, 11) is -0.287. The van der Waals surface area contributed by atoms with Gasteiger partial charge in [0.15, 0.2) is 5.03 Å². The van der Waals surface area contributed by atoms with E-state index in [1.807, 2.05) is 25.9 Å². The maximum atomic E-state index is 12.6. The number of sulfonamides is 1. The number of benzene rings is 1. The van der Waals surface area contributed by atoms with E-state index in [4.69, 9.17) is 0 Å². The van der Waals surface area contributed by atoms with Crippen molar-refractivity contribution < 1.29 is 13.2 Å². The molecule has 2 aromatic rings. The Balaban J connectivity index is 1.54. The van der Waals surface area contributed by atoms with Crippen LogP contribution in [0.3, 0.4) is 0 Å². The van der Waals surface area contributed by atoms with Gasteiger partial charge >= 0.3 is 6.03 Å². The highest BCUT2D eigenvalue weighted by molar-refractivity contribution is 7.90. The van der Waals surface area contributed by atoms with Crippen molar-refractivity contribution >= 4 is 21.7 Å². The predicted octanol–water partition coefficient (Wildman–Crippen LogP) is 2.52. The summed E-state index contributed by atoms with van der Waals surface area (Å²) in [6.45, 7) is 1.93. The van der Waals surface area contributed by atoms with Crippen LogP contribution in [0.5, 0.6) is 0 Å². The van der Waals surface area contributed by atoms with Gasteiger partial charge in [-0.25, -0.2) is 9.52 Å². The van der Waals surface area contributed by atoms with Crippen LogP contribution in [0.25, 0.3) is 0 Å². The number of urea groups is 1. The summed E-state index contributed by atoms with van der Waals surface area (Å²) in [5.41, 5.74) is 6.33. The first kappa shape index (κ1) is 19.9. The molecule has 29 heavy (non-hydrogen) atoms. The predicted molar refractivity (Wildman–Crippen MR) is 111 cm³/mol.